The van der Waals surface area contributed by atoms with E-state index in [1.54, 1.807) is 9.58 Å². The molecule has 0 bridgehead atoms. The average molecular weight is 506 g/mol. The number of nitrogens with one attached hydrogen (secondary N) is 1. The number of para-hydroxylation sites is 1. The van der Waals surface area contributed by atoms with Crippen LogP contribution in [0.4, 0.5) is 5.69 Å². The number of carbonyl (C=O) groups excluding carboxylic acids is 2. The molecule has 188 valence electrons. The van der Waals surface area contributed by atoms with Crippen LogP contribution in [0.3, 0.4) is 0 Å². The molecule has 1 atom stereocenters. The first-order chi connectivity index (χ1) is 17.5. The van der Waals surface area contributed by atoms with Crippen molar-refractivity contribution in [3.63, 3.8) is 0 Å². The minimum atomic E-state index is -0.822. The van der Waals surface area contributed by atoms with Crippen molar-refractivity contribution in [2.75, 3.05) is 18.1 Å². The maximum absolute atomic E-state index is 13.9. The highest BCUT2D eigenvalue weighted by atomic mass is 32.1. The number of thiophene rings is 1. The largest absolute Gasteiger partial charge is 0.494 e. The summed E-state index contributed by atoms with van der Waals surface area (Å²) in [6, 6.07) is 17.7. The maximum Gasteiger partial charge on any atom is 0.249 e. The van der Waals surface area contributed by atoms with Crippen molar-refractivity contribution in [1.82, 2.24) is 20.3 Å². The fourth-order valence-electron chi connectivity index (χ4n) is 3.95. The molecule has 0 aliphatic rings. The summed E-state index contributed by atoms with van der Waals surface area (Å²) >= 11 is 1.45. The van der Waals surface area contributed by atoms with Crippen molar-refractivity contribution >= 4 is 39.9 Å². The van der Waals surface area contributed by atoms with Crippen LogP contribution in [-0.4, -0.2) is 40.0 Å². The molecule has 0 aliphatic carbocycles. The molecule has 1 N–H and O–H groups in total. The number of ether oxygens (including phenoxy) is 1. The monoisotopic (exact) mass is 505 g/mol. The predicted molar refractivity (Wildman–Crippen MR) is 142 cm³/mol. The van der Waals surface area contributed by atoms with Crippen LogP contribution in [0.5, 0.6) is 5.75 Å². The van der Waals surface area contributed by atoms with Crippen molar-refractivity contribution in [2.24, 2.45) is 5.92 Å². The van der Waals surface area contributed by atoms with E-state index in [0.29, 0.717) is 36.0 Å². The van der Waals surface area contributed by atoms with Crippen molar-refractivity contribution < 1.29 is 14.3 Å². The molecule has 0 saturated heterocycles. The van der Waals surface area contributed by atoms with Gasteiger partial charge in [-0.25, -0.2) is 4.68 Å². The third kappa shape index (κ3) is 5.91. The first-order valence-corrected chi connectivity index (χ1v) is 13.0. The number of rotatable bonds is 11. The minimum absolute atomic E-state index is 0.0606. The summed E-state index contributed by atoms with van der Waals surface area (Å²) in [5.74, 6) is 0.663. The molecular weight excluding hydrogens is 474 g/mol. The molecule has 2 amide bonds. The van der Waals surface area contributed by atoms with E-state index in [4.69, 9.17) is 4.74 Å². The van der Waals surface area contributed by atoms with Gasteiger partial charge in [0, 0.05) is 17.1 Å². The molecule has 0 spiro atoms. The lowest BCUT2D eigenvalue weighted by Gasteiger charge is -2.31. The lowest BCUT2D eigenvalue weighted by molar-refractivity contribution is -0.126. The molecule has 0 fully saturated rings. The summed E-state index contributed by atoms with van der Waals surface area (Å²) in [4.78, 5) is 29.8. The Labute approximate surface area is 214 Å². The average Bonchev–Trinajstić information content (AvgIpc) is 3.54. The topological polar surface area (TPSA) is 89.3 Å². The summed E-state index contributed by atoms with van der Waals surface area (Å²) in [5, 5.41) is 13.3. The molecule has 9 heteroatoms. The number of nitrogens with zero attached hydrogens (tertiary/aromatic N) is 4. The lowest BCUT2D eigenvalue weighted by Crippen LogP contribution is -2.45. The van der Waals surface area contributed by atoms with E-state index in [1.807, 2.05) is 73.0 Å². The van der Waals surface area contributed by atoms with Crippen molar-refractivity contribution in [3.05, 3.63) is 70.9 Å². The zero-order chi connectivity index (χ0) is 25.5. The SMILES string of the molecule is CCOc1ccc(N(C(=O)Cn2nnc3ccccc32)C(C(=O)NCCC(C)C)c2cccs2)cc1. The van der Waals surface area contributed by atoms with E-state index < -0.39 is 6.04 Å². The lowest BCUT2D eigenvalue weighted by atomic mass is 10.1. The molecule has 0 saturated carbocycles. The third-order valence-corrected chi connectivity index (χ3v) is 6.66. The summed E-state index contributed by atoms with van der Waals surface area (Å²) in [7, 11) is 0. The molecule has 36 heavy (non-hydrogen) atoms. The quantitative estimate of drug-likeness (QED) is 0.315. The van der Waals surface area contributed by atoms with Gasteiger partial charge in [-0.15, -0.1) is 16.4 Å². The summed E-state index contributed by atoms with van der Waals surface area (Å²) in [6.07, 6.45) is 0.852. The minimum Gasteiger partial charge on any atom is -0.494 e. The van der Waals surface area contributed by atoms with Gasteiger partial charge in [-0.3, -0.25) is 14.5 Å². The van der Waals surface area contributed by atoms with Gasteiger partial charge in [0.2, 0.25) is 11.8 Å². The Morgan fingerprint density at radius 2 is 1.86 bits per heavy atom. The molecule has 2 heterocycles. The highest BCUT2D eigenvalue weighted by Crippen LogP contribution is 2.32. The number of fused-ring (bicyclic) bond motifs is 1. The second kappa shape index (κ2) is 11.8. The fraction of sp³-hybridized carbons (Fsp3) is 0.333. The highest BCUT2D eigenvalue weighted by Gasteiger charge is 2.34. The van der Waals surface area contributed by atoms with Gasteiger partial charge in [0.1, 0.15) is 23.9 Å². The van der Waals surface area contributed by atoms with Gasteiger partial charge in [-0.2, -0.15) is 0 Å². The van der Waals surface area contributed by atoms with E-state index in [0.717, 1.165) is 16.8 Å². The number of hydrogen-bond donors (Lipinski definition) is 1. The van der Waals surface area contributed by atoms with E-state index in [2.05, 4.69) is 29.5 Å². The van der Waals surface area contributed by atoms with Crippen LogP contribution in [0, 0.1) is 5.92 Å². The summed E-state index contributed by atoms with van der Waals surface area (Å²) in [6.45, 7) is 7.16. The molecule has 4 rings (SSSR count). The first kappa shape index (κ1) is 25.4. The second-order valence-corrected chi connectivity index (χ2v) is 9.80. The van der Waals surface area contributed by atoms with Crippen LogP contribution in [0.1, 0.15) is 38.1 Å². The van der Waals surface area contributed by atoms with Gasteiger partial charge in [0.25, 0.3) is 0 Å². The Kier molecular flexibility index (Phi) is 8.32. The van der Waals surface area contributed by atoms with E-state index >= 15 is 0 Å². The van der Waals surface area contributed by atoms with Crippen LogP contribution >= 0.6 is 11.3 Å². The summed E-state index contributed by atoms with van der Waals surface area (Å²) < 4.78 is 7.16. The second-order valence-electron chi connectivity index (χ2n) is 8.82. The number of benzene rings is 2. The molecular formula is C27H31N5O3S. The number of amides is 2. The molecule has 2 aromatic heterocycles. The Balaban J connectivity index is 1.71. The number of anilines is 1. The van der Waals surface area contributed by atoms with Gasteiger partial charge in [0.05, 0.1) is 12.1 Å². The normalized spacial score (nSPS) is 12.0. The fourth-order valence-corrected chi connectivity index (χ4v) is 4.76. The third-order valence-electron chi connectivity index (χ3n) is 5.74. The zero-order valence-corrected chi connectivity index (χ0v) is 21.6. The molecule has 0 aliphatic heterocycles. The standard InChI is InChI=1S/C27H31N5O3S/c1-4-35-21-13-11-20(12-14-21)32(25(33)18-31-23-9-6-5-8-22(23)29-30-31)26(24-10-7-17-36-24)27(34)28-16-15-19(2)3/h5-14,17,19,26H,4,15-16,18H2,1-3H3,(H,28,34). The van der Waals surface area contributed by atoms with Crippen LogP contribution < -0.4 is 15.0 Å². The van der Waals surface area contributed by atoms with E-state index in [-0.39, 0.29) is 18.4 Å². The molecule has 8 nitrogen and oxygen atoms in total. The van der Waals surface area contributed by atoms with Gasteiger partial charge in [-0.1, -0.05) is 37.3 Å². The molecule has 0 radical (unpaired) electrons. The van der Waals surface area contributed by atoms with Crippen LogP contribution in [0.15, 0.2) is 66.0 Å². The number of carbonyl (C=O) groups is 2. The van der Waals surface area contributed by atoms with E-state index in [1.165, 1.54) is 11.3 Å². The maximum atomic E-state index is 13.9. The number of aromatic nitrogens is 3. The highest BCUT2D eigenvalue weighted by molar-refractivity contribution is 7.10. The van der Waals surface area contributed by atoms with Crippen LogP contribution in [0.25, 0.3) is 11.0 Å². The van der Waals surface area contributed by atoms with Crippen molar-refractivity contribution in [3.8, 4) is 5.75 Å². The van der Waals surface area contributed by atoms with E-state index in [9.17, 15) is 9.59 Å². The molecule has 2 aromatic carbocycles. The Hall–Kier alpha value is -3.72. The van der Waals surface area contributed by atoms with Gasteiger partial charge in [-0.05, 0) is 67.1 Å². The zero-order valence-electron chi connectivity index (χ0n) is 20.8. The molecule has 4 aromatic rings. The number of hydrogen-bond acceptors (Lipinski definition) is 6. The first-order valence-electron chi connectivity index (χ1n) is 12.1. The van der Waals surface area contributed by atoms with Crippen LogP contribution in [-0.2, 0) is 16.1 Å². The van der Waals surface area contributed by atoms with Gasteiger partial charge >= 0.3 is 0 Å². The Morgan fingerprint density at radius 1 is 1.08 bits per heavy atom. The smallest absolute Gasteiger partial charge is 0.249 e. The molecule has 1 unspecified atom stereocenters. The van der Waals surface area contributed by atoms with Crippen molar-refractivity contribution in [1.29, 1.82) is 0 Å². The Bertz CT molecular complexity index is 1280. The van der Waals surface area contributed by atoms with Crippen molar-refractivity contribution in [2.45, 2.75) is 39.8 Å². The summed E-state index contributed by atoms with van der Waals surface area (Å²) in [5.41, 5.74) is 2.07. The predicted octanol–water partition coefficient (Wildman–Crippen LogP) is 4.83. The van der Waals surface area contributed by atoms with Gasteiger partial charge < -0.3 is 10.1 Å². The Morgan fingerprint density at radius 3 is 2.56 bits per heavy atom. The van der Waals surface area contributed by atoms with Gasteiger partial charge in [0.15, 0.2) is 0 Å². The van der Waals surface area contributed by atoms with Crippen LogP contribution in [0.2, 0.25) is 0 Å².